The summed E-state index contributed by atoms with van der Waals surface area (Å²) in [6, 6.07) is 162. The van der Waals surface area contributed by atoms with Crippen LogP contribution in [-0.4, -0.2) is 15.0 Å². The molecule has 6 aliphatic rings. The van der Waals surface area contributed by atoms with Crippen molar-refractivity contribution < 1.29 is 0 Å². The molecule has 1 aromatic heterocycles. The molecule has 0 saturated carbocycles. The lowest BCUT2D eigenvalue weighted by molar-refractivity contribution is 0.753. The van der Waals surface area contributed by atoms with Gasteiger partial charge in [0.2, 0.25) is 0 Å². The highest BCUT2D eigenvalue weighted by Crippen LogP contribution is 2.68. The van der Waals surface area contributed by atoms with Gasteiger partial charge in [-0.1, -0.05) is 346 Å². The van der Waals surface area contributed by atoms with Gasteiger partial charge in [-0.15, -0.1) is 0 Å². The summed E-state index contributed by atoms with van der Waals surface area (Å²) in [7, 11) is 0. The molecule has 6 nitrogen and oxygen atoms in total. The quantitative estimate of drug-likeness (QED) is 0.144. The number of anilines is 9. The molecule has 3 aliphatic carbocycles. The Morgan fingerprint density at radius 1 is 0.142 bits per heavy atom. The Morgan fingerprint density at radius 3 is 0.567 bits per heavy atom. The fraction of sp³-hybridized carbons (Fsp3) is 0.0263. The van der Waals surface area contributed by atoms with Gasteiger partial charge in [0.25, 0.3) is 0 Å². The van der Waals surface area contributed by atoms with Gasteiger partial charge in [-0.25, -0.2) is 15.0 Å². The average molecular weight is 1530 g/mol. The molecule has 3 spiro atoms. The van der Waals surface area contributed by atoms with Gasteiger partial charge < -0.3 is 14.7 Å². The second-order valence-electron chi connectivity index (χ2n) is 32.3. The number of hydrogen-bond acceptors (Lipinski definition) is 6. The highest BCUT2D eigenvalue weighted by atomic mass is 15.2. The van der Waals surface area contributed by atoms with Gasteiger partial charge in [0.15, 0.2) is 17.5 Å². The first kappa shape index (κ1) is 67.7. The van der Waals surface area contributed by atoms with Crippen molar-refractivity contribution in [3.63, 3.8) is 0 Å². The van der Waals surface area contributed by atoms with E-state index in [1.807, 2.05) is 0 Å². The first-order chi connectivity index (χ1) is 59.5. The van der Waals surface area contributed by atoms with Crippen LogP contribution in [-0.2, 0) is 16.2 Å². The first-order valence-corrected chi connectivity index (χ1v) is 41.5. The minimum Gasteiger partial charge on any atom is -0.310 e. The summed E-state index contributed by atoms with van der Waals surface area (Å²) < 4.78 is 0. The Labute approximate surface area is 696 Å². The number of rotatable bonds is 9. The van der Waals surface area contributed by atoms with E-state index in [0.717, 1.165) is 67.1 Å². The molecule has 558 valence electrons. The van der Waals surface area contributed by atoms with E-state index in [2.05, 4.69) is 451 Å². The van der Waals surface area contributed by atoms with Crippen molar-refractivity contribution in [2.45, 2.75) is 16.2 Å². The van der Waals surface area contributed by atoms with Crippen LogP contribution in [0.2, 0.25) is 0 Å². The SMILES string of the molecule is c1ccc(N2c3ccccc3C3(c4ccccc4-c4ccc(-c5ccc(-c6nc(-c7ccc(-c8ccc9c(c8)C8(c%10ccccc%10-9)c9ccccc9N(c9ccccc9)c9ccccc98)cc7)nc(-c7ccc(-c8ccc9c(c8)C8(c%10ccccc%10-9)c9ccccc9N(c9ccccc9)c9ccccc98)cc7)n6)cc5)cc43)c3ccccc32)cc1. The molecule has 0 radical (unpaired) electrons. The Balaban J connectivity index is 0.610. The molecule has 0 unspecified atom stereocenters. The van der Waals surface area contributed by atoms with Crippen molar-refractivity contribution in [1.82, 2.24) is 15.0 Å². The van der Waals surface area contributed by atoms with Gasteiger partial charge >= 0.3 is 0 Å². The smallest absolute Gasteiger partial charge is 0.164 e. The summed E-state index contributed by atoms with van der Waals surface area (Å²) in [5.41, 5.74) is 40.6. The molecule has 0 saturated heterocycles. The maximum absolute atomic E-state index is 5.48. The van der Waals surface area contributed by atoms with Gasteiger partial charge in [0.1, 0.15) is 0 Å². The van der Waals surface area contributed by atoms with Crippen molar-refractivity contribution in [3.8, 4) is 101 Å². The van der Waals surface area contributed by atoms with Gasteiger partial charge in [-0.3, -0.25) is 0 Å². The molecule has 0 amide bonds. The van der Waals surface area contributed by atoms with Crippen LogP contribution in [0.4, 0.5) is 51.2 Å². The van der Waals surface area contributed by atoms with E-state index in [0.29, 0.717) is 17.5 Å². The normalized spacial score (nSPS) is 14.2. The third-order valence-electron chi connectivity index (χ3n) is 26.5. The Hall–Kier alpha value is -15.6. The topological polar surface area (TPSA) is 48.4 Å². The molecule has 19 aromatic rings. The second kappa shape index (κ2) is 26.2. The Morgan fingerprint density at radius 2 is 0.325 bits per heavy atom. The summed E-state index contributed by atoms with van der Waals surface area (Å²) >= 11 is 0. The standard InChI is InChI=1S/C114H72N6/c1-4-28-82(29-5-1)118-103-46-22-16-40-94(103)112(95-41-17-23-47-104(95)118)91-37-13-10-34-85(91)88-67-64-79(70-100(88)112)73-52-58-76(59-53-73)109-115-110(77-60-54-74(55-61-77)80-65-68-89-86-35-11-14-38-92(86)113(101(89)71-80)96-42-18-24-48-105(96)119(83-30-6-2-7-31-83)106-49-25-19-43-97(106)113)117-111(116-109)78-62-56-75(57-63-78)81-66-69-90-87-36-12-15-39-93(87)114(102(90)72-81)98-44-20-26-50-107(98)120(84-32-8-3-9-33-84)108-51-27-21-45-99(108)114/h1-72H. The molecule has 0 fully saturated rings. The number of fused-ring (bicyclic) bond motifs is 27. The van der Waals surface area contributed by atoms with Crippen molar-refractivity contribution in [1.29, 1.82) is 0 Å². The van der Waals surface area contributed by atoms with Crippen molar-refractivity contribution in [2.24, 2.45) is 0 Å². The zero-order valence-corrected chi connectivity index (χ0v) is 65.3. The predicted octanol–water partition coefficient (Wildman–Crippen LogP) is 28.3. The average Bonchev–Trinajstić information content (AvgIpc) is 1.45. The van der Waals surface area contributed by atoms with Crippen LogP contribution in [0.25, 0.3) is 101 Å². The zero-order chi connectivity index (χ0) is 78.8. The second-order valence-corrected chi connectivity index (χ2v) is 32.3. The van der Waals surface area contributed by atoms with Crippen molar-refractivity contribution >= 4 is 51.2 Å². The molecule has 0 bridgehead atoms. The third kappa shape index (κ3) is 9.52. The van der Waals surface area contributed by atoms with E-state index in [1.54, 1.807) is 0 Å². The minimum atomic E-state index is -0.594. The largest absolute Gasteiger partial charge is 0.310 e. The maximum atomic E-state index is 5.48. The Bertz CT molecular complexity index is 6560. The van der Waals surface area contributed by atoms with Crippen LogP contribution in [0, 0.1) is 0 Å². The summed E-state index contributed by atoms with van der Waals surface area (Å²) in [6.45, 7) is 0. The lowest BCUT2D eigenvalue weighted by atomic mass is 9.64. The van der Waals surface area contributed by atoms with E-state index < -0.39 is 16.2 Å². The molecule has 6 heteroatoms. The van der Waals surface area contributed by atoms with Crippen molar-refractivity contribution in [2.75, 3.05) is 14.7 Å². The molecule has 120 heavy (non-hydrogen) atoms. The molecule has 18 aromatic carbocycles. The molecule has 25 rings (SSSR count). The minimum absolute atomic E-state index is 0.584. The highest BCUT2D eigenvalue weighted by molar-refractivity contribution is 6.01. The van der Waals surface area contributed by atoms with Crippen LogP contribution in [0.1, 0.15) is 66.8 Å². The third-order valence-corrected chi connectivity index (χ3v) is 26.5. The van der Waals surface area contributed by atoms with Crippen LogP contribution >= 0.6 is 0 Å². The highest BCUT2D eigenvalue weighted by Gasteiger charge is 2.55. The summed E-state index contributed by atoms with van der Waals surface area (Å²) in [5, 5.41) is 0. The molecular formula is C114H72N6. The van der Waals surface area contributed by atoms with Crippen LogP contribution in [0.15, 0.2) is 437 Å². The molecule has 3 aliphatic heterocycles. The predicted molar refractivity (Wildman–Crippen MR) is 489 cm³/mol. The van der Waals surface area contributed by atoms with Gasteiger partial charge in [0.05, 0.1) is 50.4 Å². The number of aromatic nitrogens is 3. The molecular weight excluding hydrogens is 1450 g/mol. The van der Waals surface area contributed by atoms with Gasteiger partial charge in [-0.05, 0) is 225 Å². The van der Waals surface area contributed by atoms with Gasteiger partial charge in [-0.2, -0.15) is 0 Å². The van der Waals surface area contributed by atoms with E-state index in [-0.39, 0.29) is 0 Å². The first-order valence-electron chi connectivity index (χ1n) is 41.5. The lowest BCUT2D eigenvalue weighted by Crippen LogP contribution is -2.36. The van der Waals surface area contributed by atoms with E-state index in [9.17, 15) is 0 Å². The molecule has 0 N–H and O–H groups in total. The number of nitrogens with zero attached hydrogens (tertiary/aromatic N) is 6. The van der Waals surface area contributed by atoms with Crippen LogP contribution < -0.4 is 14.7 Å². The molecule has 0 atom stereocenters. The molecule has 4 heterocycles. The van der Waals surface area contributed by atoms with Crippen LogP contribution in [0.3, 0.4) is 0 Å². The van der Waals surface area contributed by atoms with E-state index >= 15 is 0 Å². The van der Waals surface area contributed by atoms with Gasteiger partial charge in [0, 0.05) is 33.8 Å². The fourth-order valence-corrected chi connectivity index (χ4v) is 21.6. The summed E-state index contributed by atoms with van der Waals surface area (Å²) in [6.07, 6.45) is 0. The van der Waals surface area contributed by atoms with E-state index in [1.165, 1.54) is 134 Å². The zero-order valence-electron chi connectivity index (χ0n) is 65.3. The summed E-state index contributed by atoms with van der Waals surface area (Å²) in [5.74, 6) is 1.75. The lowest BCUT2D eigenvalue weighted by Gasteiger charge is -2.45. The maximum Gasteiger partial charge on any atom is 0.164 e. The van der Waals surface area contributed by atoms with E-state index in [4.69, 9.17) is 15.0 Å². The fourth-order valence-electron chi connectivity index (χ4n) is 21.6. The number of hydrogen-bond donors (Lipinski definition) is 0. The summed E-state index contributed by atoms with van der Waals surface area (Å²) in [4.78, 5) is 23.8. The number of para-hydroxylation sites is 9. The van der Waals surface area contributed by atoms with Crippen LogP contribution in [0.5, 0.6) is 0 Å². The number of benzene rings is 18. The Kier molecular flexibility index (Phi) is 14.8. The monoisotopic (exact) mass is 1520 g/mol. The van der Waals surface area contributed by atoms with Crippen molar-refractivity contribution in [3.05, 3.63) is 504 Å².